The van der Waals surface area contributed by atoms with Crippen LogP contribution in [-0.2, 0) is 0 Å². The second-order valence-electron chi connectivity index (χ2n) is 9.92. The molecule has 0 heteroatoms. The summed E-state index contributed by atoms with van der Waals surface area (Å²) in [7, 11) is 0. The zero-order chi connectivity index (χ0) is 17.0. The van der Waals surface area contributed by atoms with E-state index in [1.807, 2.05) is 0 Å². The standard InChI is InChI=1S/C23H46/c1-22(2)18-14-10-8-6-5-7-9-11-15-19-23(3,4)21-17-13-12-16-20-22/h5-21H2,1-4H3. The van der Waals surface area contributed by atoms with Crippen molar-refractivity contribution in [1.29, 1.82) is 0 Å². The average molecular weight is 323 g/mol. The highest BCUT2D eigenvalue weighted by molar-refractivity contribution is 4.71. The summed E-state index contributed by atoms with van der Waals surface area (Å²) in [4.78, 5) is 0. The third-order valence-electron chi connectivity index (χ3n) is 6.16. The summed E-state index contributed by atoms with van der Waals surface area (Å²) in [6.07, 6.45) is 24.8. The molecule has 0 unspecified atom stereocenters. The smallest absolute Gasteiger partial charge is 0.0354 e. The first-order chi connectivity index (χ1) is 10.9. The summed E-state index contributed by atoms with van der Waals surface area (Å²) in [5, 5.41) is 0. The fourth-order valence-electron chi connectivity index (χ4n) is 4.26. The van der Waals surface area contributed by atoms with Crippen molar-refractivity contribution in [2.45, 2.75) is 137 Å². The van der Waals surface area contributed by atoms with Crippen molar-refractivity contribution in [2.24, 2.45) is 10.8 Å². The summed E-state index contributed by atoms with van der Waals surface area (Å²) in [5.41, 5.74) is 1.17. The maximum absolute atomic E-state index is 2.50. The molecule has 0 atom stereocenters. The van der Waals surface area contributed by atoms with Gasteiger partial charge in [-0.3, -0.25) is 0 Å². The van der Waals surface area contributed by atoms with Gasteiger partial charge in [-0.2, -0.15) is 0 Å². The predicted molar refractivity (Wildman–Crippen MR) is 106 cm³/mol. The van der Waals surface area contributed by atoms with Crippen LogP contribution in [0.15, 0.2) is 0 Å². The number of hydrogen-bond acceptors (Lipinski definition) is 0. The Morgan fingerprint density at radius 3 is 0.696 bits per heavy atom. The first-order valence-electron chi connectivity index (χ1n) is 10.9. The molecule has 1 aliphatic rings. The molecule has 1 rings (SSSR count). The van der Waals surface area contributed by atoms with Gasteiger partial charge in [0, 0.05) is 0 Å². The monoisotopic (exact) mass is 322 g/mol. The van der Waals surface area contributed by atoms with Crippen molar-refractivity contribution >= 4 is 0 Å². The van der Waals surface area contributed by atoms with E-state index in [2.05, 4.69) is 27.7 Å². The lowest BCUT2D eigenvalue weighted by Gasteiger charge is -2.25. The van der Waals surface area contributed by atoms with Gasteiger partial charge in [-0.05, 0) is 36.5 Å². The largest absolute Gasteiger partial charge is 0.0599 e. The Kier molecular flexibility index (Phi) is 10.6. The highest BCUT2D eigenvalue weighted by Crippen LogP contribution is 2.33. The Morgan fingerprint density at radius 2 is 0.478 bits per heavy atom. The molecular formula is C23H46. The van der Waals surface area contributed by atoms with Crippen LogP contribution in [0.3, 0.4) is 0 Å². The predicted octanol–water partition coefficient (Wildman–Crippen LogP) is 8.68. The summed E-state index contributed by atoms with van der Waals surface area (Å²) < 4.78 is 0. The van der Waals surface area contributed by atoms with E-state index in [9.17, 15) is 0 Å². The van der Waals surface area contributed by atoms with Gasteiger partial charge in [0.1, 0.15) is 0 Å². The van der Waals surface area contributed by atoms with Crippen LogP contribution in [0.5, 0.6) is 0 Å². The van der Waals surface area contributed by atoms with Crippen molar-refractivity contribution in [3.05, 3.63) is 0 Å². The molecule has 0 amide bonds. The molecule has 0 nitrogen and oxygen atoms in total. The Labute approximate surface area is 148 Å². The van der Waals surface area contributed by atoms with E-state index in [0.717, 1.165) is 0 Å². The zero-order valence-electron chi connectivity index (χ0n) is 17.0. The topological polar surface area (TPSA) is 0 Å². The van der Waals surface area contributed by atoms with Crippen molar-refractivity contribution in [3.8, 4) is 0 Å². The van der Waals surface area contributed by atoms with E-state index in [0.29, 0.717) is 10.8 Å². The molecule has 0 radical (unpaired) electrons. The van der Waals surface area contributed by atoms with Crippen LogP contribution in [0.25, 0.3) is 0 Å². The van der Waals surface area contributed by atoms with Crippen LogP contribution in [-0.4, -0.2) is 0 Å². The SMILES string of the molecule is CC1(C)CCCCCCCCCCCC(C)(C)CCCCCC1. The van der Waals surface area contributed by atoms with Crippen molar-refractivity contribution in [2.75, 3.05) is 0 Å². The molecule has 0 saturated heterocycles. The molecule has 0 aromatic rings. The maximum atomic E-state index is 2.50. The average Bonchev–Trinajstić information content (AvgIpc) is 2.47. The van der Waals surface area contributed by atoms with Crippen LogP contribution < -0.4 is 0 Å². The summed E-state index contributed by atoms with van der Waals surface area (Å²) in [5.74, 6) is 0. The van der Waals surface area contributed by atoms with Crippen LogP contribution in [0, 0.1) is 10.8 Å². The molecule has 1 saturated carbocycles. The van der Waals surface area contributed by atoms with Gasteiger partial charge >= 0.3 is 0 Å². The molecule has 1 aliphatic carbocycles. The lowest BCUT2D eigenvalue weighted by Crippen LogP contribution is -2.12. The number of rotatable bonds is 0. The molecular weight excluding hydrogens is 276 g/mol. The van der Waals surface area contributed by atoms with Crippen LogP contribution >= 0.6 is 0 Å². The summed E-state index contributed by atoms with van der Waals surface area (Å²) >= 11 is 0. The number of hydrogen-bond donors (Lipinski definition) is 0. The molecule has 0 aliphatic heterocycles. The van der Waals surface area contributed by atoms with Crippen molar-refractivity contribution < 1.29 is 0 Å². The van der Waals surface area contributed by atoms with Gasteiger partial charge in [-0.25, -0.2) is 0 Å². The first kappa shape index (κ1) is 21.0. The molecule has 0 aromatic carbocycles. The second-order valence-corrected chi connectivity index (χ2v) is 9.92. The fraction of sp³-hybridized carbons (Fsp3) is 1.00. The maximum Gasteiger partial charge on any atom is -0.0354 e. The van der Waals surface area contributed by atoms with Crippen LogP contribution in [0.4, 0.5) is 0 Å². The Bertz CT molecular complexity index is 246. The Hall–Kier alpha value is 0. The molecule has 0 spiro atoms. The molecule has 0 bridgehead atoms. The van der Waals surface area contributed by atoms with Gasteiger partial charge in [0.2, 0.25) is 0 Å². The fourth-order valence-corrected chi connectivity index (χ4v) is 4.26. The van der Waals surface area contributed by atoms with E-state index < -0.39 is 0 Å². The molecule has 138 valence electrons. The van der Waals surface area contributed by atoms with E-state index in [-0.39, 0.29) is 0 Å². The van der Waals surface area contributed by atoms with Gasteiger partial charge in [-0.15, -0.1) is 0 Å². The van der Waals surface area contributed by atoms with Gasteiger partial charge in [0.05, 0.1) is 0 Å². The van der Waals surface area contributed by atoms with E-state index >= 15 is 0 Å². The third kappa shape index (κ3) is 12.1. The molecule has 1 fully saturated rings. The first-order valence-corrected chi connectivity index (χ1v) is 10.9. The van der Waals surface area contributed by atoms with Gasteiger partial charge in [0.15, 0.2) is 0 Å². The molecule has 0 N–H and O–H groups in total. The molecule has 0 aromatic heterocycles. The third-order valence-corrected chi connectivity index (χ3v) is 6.16. The Morgan fingerprint density at radius 1 is 0.304 bits per heavy atom. The molecule has 0 heterocycles. The highest BCUT2D eigenvalue weighted by Gasteiger charge is 2.18. The summed E-state index contributed by atoms with van der Waals surface area (Å²) in [6, 6.07) is 0. The summed E-state index contributed by atoms with van der Waals surface area (Å²) in [6.45, 7) is 9.99. The van der Waals surface area contributed by atoms with Crippen molar-refractivity contribution in [1.82, 2.24) is 0 Å². The van der Waals surface area contributed by atoms with E-state index in [4.69, 9.17) is 0 Å². The van der Waals surface area contributed by atoms with Gasteiger partial charge < -0.3 is 0 Å². The van der Waals surface area contributed by atoms with E-state index in [1.165, 1.54) is 109 Å². The lowest BCUT2D eigenvalue weighted by atomic mass is 9.80. The van der Waals surface area contributed by atoms with Crippen molar-refractivity contribution in [3.63, 3.8) is 0 Å². The minimum atomic E-state index is 0.586. The van der Waals surface area contributed by atoms with Gasteiger partial charge in [0.25, 0.3) is 0 Å². The molecule has 23 heavy (non-hydrogen) atoms. The van der Waals surface area contributed by atoms with Crippen LogP contribution in [0.1, 0.15) is 137 Å². The minimum Gasteiger partial charge on any atom is -0.0599 e. The normalized spacial score (nSPS) is 26.6. The Balaban J connectivity index is 2.33. The van der Waals surface area contributed by atoms with Crippen LogP contribution in [0.2, 0.25) is 0 Å². The minimum absolute atomic E-state index is 0.586. The quantitative estimate of drug-likeness (QED) is 0.418. The highest BCUT2D eigenvalue weighted by atomic mass is 14.2. The second kappa shape index (κ2) is 11.5. The van der Waals surface area contributed by atoms with E-state index in [1.54, 1.807) is 0 Å². The lowest BCUT2D eigenvalue weighted by molar-refractivity contribution is 0.270. The zero-order valence-corrected chi connectivity index (χ0v) is 17.0. The van der Waals surface area contributed by atoms with Gasteiger partial charge in [-0.1, -0.05) is 111 Å².